The predicted molar refractivity (Wildman–Crippen MR) is 161 cm³/mol. The first-order chi connectivity index (χ1) is 21.7. The molecule has 0 aromatic heterocycles. The Morgan fingerprint density at radius 2 is 1.82 bits per heavy atom. The minimum absolute atomic E-state index is 0.0397. The number of carbonyl (C=O) groups is 2. The second-order valence-electron chi connectivity index (χ2n) is 11.7. The lowest BCUT2D eigenvalue weighted by atomic mass is 9.96. The molecule has 0 spiro atoms. The average molecular weight is 648 g/mol. The second-order valence-corrected chi connectivity index (χ2v) is 13.7. The number of aromatic hydroxyl groups is 1. The van der Waals surface area contributed by atoms with E-state index in [2.05, 4.69) is 5.32 Å². The normalized spacial score (nSPS) is 23.4. The van der Waals surface area contributed by atoms with Gasteiger partial charge in [0.05, 0.1) is 43.3 Å². The van der Waals surface area contributed by atoms with Crippen LogP contribution in [0, 0.1) is 11.8 Å². The standard InChI is InChI=1S/C31H41N3O10S/c1-41-24-6-8-25(9-7-24)45(39,40)34(17-22-10-13-33(20-35)14-11-22)18-28(37)27(16-21-2-4-23(36)5-3-21)32-31(38)44-29-19-43-30-26(29)12-15-42-30/h2-9,20,22,26-30,36-37H,10-19H2,1H3,(H,32,38)/t26-,27-,28+,29?,30+/m0/s1. The van der Waals surface area contributed by atoms with Gasteiger partial charge in [0.15, 0.2) is 6.29 Å². The molecule has 0 aliphatic carbocycles. The number of methoxy groups -OCH3 is 1. The van der Waals surface area contributed by atoms with Crippen LogP contribution < -0.4 is 10.1 Å². The Morgan fingerprint density at radius 3 is 2.49 bits per heavy atom. The van der Waals surface area contributed by atoms with Gasteiger partial charge in [0.2, 0.25) is 16.4 Å². The number of carbonyl (C=O) groups excluding carboxylic acids is 2. The van der Waals surface area contributed by atoms with Crippen molar-refractivity contribution in [2.75, 3.05) is 46.5 Å². The number of hydrogen-bond donors (Lipinski definition) is 3. The van der Waals surface area contributed by atoms with E-state index in [-0.39, 0.29) is 48.6 Å². The molecule has 3 N–H and O–H groups in total. The molecule has 1 unspecified atom stereocenters. The zero-order chi connectivity index (χ0) is 32.0. The lowest BCUT2D eigenvalue weighted by Gasteiger charge is -2.35. The summed E-state index contributed by atoms with van der Waals surface area (Å²) in [4.78, 5) is 26.1. The number of hydrogen-bond acceptors (Lipinski definition) is 10. The van der Waals surface area contributed by atoms with Crippen LogP contribution in [0.2, 0.25) is 0 Å². The molecule has 246 valence electrons. The van der Waals surface area contributed by atoms with Gasteiger partial charge in [-0.3, -0.25) is 4.79 Å². The molecule has 14 heteroatoms. The monoisotopic (exact) mass is 647 g/mol. The Balaban J connectivity index is 1.35. The maximum atomic E-state index is 14.0. The first kappa shape index (κ1) is 32.9. The molecule has 2 aromatic carbocycles. The van der Waals surface area contributed by atoms with Crippen LogP contribution in [0.5, 0.6) is 11.5 Å². The minimum atomic E-state index is -4.08. The van der Waals surface area contributed by atoms with E-state index in [1.807, 2.05) is 0 Å². The van der Waals surface area contributed by atoms with Crippen molar-refractivity contribution in [3.05, 3.63) is 54.1 Å². The topological polar surface area (TPSA) is 164 Å². The summed E-state index contributed by atoms with van der Waals surface area (Å²) >= 11 is 0. The highest BCUT2D eigenvalue weighted by Crippen LogP contribution is 2.33. The summed E-state index contributed by atoms with van der Waals surface area (Å²) in [6.45, 7) is 1.56. The van der Waals surface area contributed by atoms with Gasteiger partial charge in [-0.25, -0.2) is 13.2 Å². The molecule has 2 aromatic rings. The van der Waals surface area contributed by atoms with Gasteiger partial charge in [-0.2, -0.15) is 4.31 Å². The van der Waals surface area contributed by atoms with Gasteiger partial charge in [0, 0.05) is 26.2 Å². The number of rotatable bonds is 13. The van der Waals surface area contributed by atoms with Crippen molar-refractivity contribution >= 4 is 22.5 Å². The molecule has 3 saturated heterocycles. The number of nitrogens with one attached hydrogen (secondary N) is 1. The fourth-order valence-corrected chi connectivity index (χ4v) is 7.61. The number of likely N-dealkylation sites (tertiary alicyclic amines) is 1. The third-order valence-corrected chi connectivity index (χ3v) is 10.6. The van der Waals surface area contributed by atoms with Crippen LogP contribution in [-0.2, 0) is 35.4 Å². The lowest BCUT2D eigenvalue weighted by molar-refractivity contribution is -0.119. The SMILES string of the molecule is COc1ccc(S(=O)(=O)N(CC2CCN(C=O)CC2)C[C@@H](O)[C@H](Cc2ccc(O)cc2)NC(=O)OC2CO[C@H]3OCC[C@@H]23)cc1. The Kier molecular flexibility index (Phi) is 10.8. The van der Waals surface area contributed by atoms with Crippen LogP contribution in [0.15, 0.2) is 53.4 Å². The van der Waals surface area contributed by atoms with E-state index in [1.54, 1.807) is 29.2 Å². The van der Waals surface area contributed by atoms with E-state index in [4.69, 9.17) is 18.9 Å². The second kappa shape index (κ2) is 14.8. The zero-order valence-corrected chi connectivity index (χ0v) is 26.0. The van der Waals surface area contributed by atoms with Gasteiger partial charge >= 0.3 is 6.09 Å². The summed E-state index contributed by atoms with van der Waals surface area (Å²) in [5.74, 6) is 0.447. The number of ether oxygens (including phenoxy) is 4. The molecule has 5 atom stereocenters. The van der Waals surface area contributed by atoms with Crippen LogP contribution in [0.25, 0.3) is 0 Å². The number of phenols is 1. The molecule has 0 bridgehead atoms. The average Bonchev–Trinajstić information content (AvgIpc) is 3.67. The number of alkyl carbamates (subject to hydrolysis) is 1. The number of aliphatic hydroxyl groups excluding tert-OH is 1. The number of nitrogens with zero attached hydrogens (tertiary/aromatic N) is 2. The molecule has 45 heavy (non-hydrogen) atoms. The largest absolute Gasteiger partial charge is 0.508 e. The van der Waals surface area contributed by atoms with Crippen LogP contribution in [0.1, 0.15) is 24.8 Å². The summed E-state index contributed by atoms with van der Waals surface area (Å²) < 4.78 is 51.2. The molecular weight excluding hydrogens is 606 g/mol. The maximum absolute atomic E-state index is 14.0. The highest BCUT2D eigenvalue weighted by atomic mass is 32.2. The molecule has 13 nitrogen and oxygen atoms in total. The fraction of sp³-hybridized carbons (Fsp3) is 0.548. The summed E-state index contributed by atoms with van der Waals surface area (Å²) in [5, 5.41) is 24.1. The number of benzene rings is 2. The summed E-state index contributed by atoms with van der Waals surface area (Å²) in [5.41, 5.74) is 0.705. The van der Waals surface area contributed by atoms with E-state index < -0.39 is 40.7 Å². The van der Waals surface area contributed by atoms with Gasteiger partial charge in [-0.05, 0) is 73.6 Å². The third kappa shape index (κ3) is 8.24. The number of fused-ring (bicyclic) bond motifs is 1. The van der Waals surface area contributed by atoms with Gasteiger partial charge in [0.25, 0.3) is 0 Å². The summed E-state index contributed by atoms with van der Waals surface area (Å²) in [7, 11) is -2.59. The Hall–Kier alpha value is -3.43. The third-order valence-electron chi connectivity index (χ3n) is 8.75. The smallest absolute Gasteiger partial charge is 0.407 e. The summed E-state index contributed by atoms with van der Waals surface area (Å²) in [6, 6.07) is 11.4. The highest BCUT2D eigenvalue weighted by Gasteiger charge is 2.44. The van der Waals surface area contributed by atoms with E-state index in [9.17, 15) is 28.2 Å². The lowest BCUT2D eigenvalue weighted by Crippen LogP contribution is -2.52. The quantitative estimate of drug-likeness (QED) is 0.273. The van der Waals surface area contributed by atoms with Crippen LogP contribution >= 0.6 is 0 Å². The molecular formula is C31H41N3O10S. The van der Waals surface area contributed by atoms with E-state index in [1.165, 1.54) is 35.7 Å². The first-order valence-electron chi connectivity index (χ1n) is 15.2. The molecule has 3 heterocycles. The first-order valence-corrected chi connectivity index (χ1v) is 16.6. The van der Waals surface area contributed by atoms with Crippen molar-refractivity contribution in [3.8, 4) is 11.5 Å². The molecule has 3 aliphatic heterocycles. The number of phenolic OH excluding ortho intramolecular Hbond substituents is 1. The van der Waals surface area contributed by atoms with Crippen molar-refractivity contribution in [1.82, 2.24) is 14.5 Å². The highest BCUT2D eigenvalue weighted by molar-refractivity contribution is 7.89. The van der Waals surface area contributed by atoms with E-state index >= 15 is 0 Å². The molecule has 0 radical (unpaired) electrons. The predicted octanol–water partition coefficient (Wildman–Crippen LogP) is 1.72. The fourth-order valence-electron chi connectivity index (χ4n) is 6.07. The van der Waals surface area contributed by atoms with Gasteiger partial charge in [-0.1, -0.05) is 12.1 Å². The Labute approximate surface area is 263 Å². The molecule has 5 rings (SSSR count). The molecule has 2 amide bonds. The Bertz CT molecular complexity index is 1380. The maximum Gasteiger partial charge on any atom is 0.407 e. The molecule has 0 saturated carbocycles. The van der Waals surface area contributed by atoms with Crippen molar-refractivity contribution in [3.63, 3.8) is 0 Å². The number of sulfonamides is 1. The van der Waals surface area contributed by atoms with Crippen LogP contribution in [0.4, 0.5) is 4.79 Å². The minimum Gasteiger partial charge on any atom is -0.508 e. The van der Waals surface area contributed by atoms with Gasteiger partial charge < -0.3 is 39.4 Å². The van der Waals surface area contributed by atoms with E-state index in [0.29, 0.717) is 50.3 Å². The van der Waals surface area contributed by atoms with Crippen molar-refractivity contribution in [2.45, 2.75) is 55.1 Å². The van der Waals surface area contributed by atoms with E-state index in [0.717, 1.165) is 6.41 Å². The van der Waals surface area contributed by atoms with Crippen molar-refractivity contribution < 1.29 is 47.2 Å². The number of aliphatic hydroxyl groups is 1. The van der Waals surface area contributed by atoms with Gasteiger partial charge in [-0.15, -0.1) is 0 Å². The number of piperidine rings is 1. The van der Waals surface area contributed by atoms with Crippen LogP contribution in [-0.4, -0.2) is 111 Å². The summed E-state index contributed by atoms with van der Waals surface area (Å²) in [6.07, 6.45) is -0.151. The van der Waals surface area contributed by atoms with Crippen molar-refractivity contribution in [2.24, 2.45) is 11.8 Å². The number of amides is 2. The zero-order valence-electron chi connectivity index (χ0n) is 25.2. The van der Waals surface area contributed by atoms with Crippen LogP contribution in [0.3, 0.4) is 0 Å². The Morgan fingerprint density at radius 1 is 1.11 bits per heavy atom. The van der Waals surface area contributed by atoms with Crippen molar-refractivity contribution in [1.29, 1.82) is 0 Å². The van der Waals surface area contributed by atoms with Gasteiger partial charge in [0.1, 0.15) is 17.6 Å². The molecule has 3 fully saturated rings. The molecule has 3 aliphatic rings.